The quantitative estimate of drug-likeness (QED) is 0.838. The molecule has 2 aliphatic rings. The first-order valence-corrected chi connectivity index (χ1v) is 6.99. The summed E-state index contributed by atoms with van der Waals surface area (Å²) in [5.41, 5.74) is 1.82. The maximum Gasteiger partial charge on any atom is 0.0994 e. The molecule has 2 unspecified atom stereocenters. The fourth-order valence-electron chi connectivity index (χ4n) is 3.71. The van der Waals surface area contributed by atoms with Crippen LogP contribution in [-0.4, -0.2) is 29.1 Å². The molecule has 0 aliphatic carbocycles. The highest BCUT2D eigenvalue weighted by molar-refractivity contribution is 5.42. The number of aliphatic hydroxyl groups is 1. The zero-order valence-corrected chi connectivity index (χ0v) is 11.6. The van der Waals surface area contributed by atoms with Crippen molar-refractivity contribution < 1.29 is 5.11 Å². The number of rotatable bonds is 1. The van der Waals surface area contributed by atoms with Gasteiger partial charge in [-0.25, -0.2) is 0 Å². The van der Waals surface area contributed by atoms with E-state index in [0.717, 1.165) is 24.0 Å². The summed E-state index contributed by atoms with van der Waals surface area (Å²) in [7, 11) is 2.16. The van der Waals surface area contributed by atoms with Crippen LogP contribution in [0.3, 0.4) is 0 Å². The van der Waals surface area contributed by atoms with Crippen LogP contribution < -0.4 is 0 Å². The zero-order chi connectivity index (χ0) is 13.6. The molecule has 2 atom stereocenters. The van der Waals surface area contributed by atoms with Crippen molar-refractivity contribution in [2.45, 2.75) is 50.3 Å². The molecule has 0 aromatic heterocycles. The average molecular weight is 256 g/mol. The summed E-state index contributed by atoms with van der Waals surface area (Å²) >= 11 is 0. The molecule has 1 aromatic rings. The van der Waals surface area contributed by atoms with Crippen molar-refractivity contribution in [3.8, 4) is 6.07 Å². The largest absolute Gasteiger partial charge is 0.385 e. The summed E-state index contributed by atoms with van der Waals surface area (Å²) in [4.78, 5) is 2.41. The standard InChI is InChI=1S/C16H20N2O/c1-11-3-4-13(7-12(11)10-17)16(19)8-14-5-6-15(9-16)18(14)2/h3-4,7,14-15,19H,5-6,8-9H2,1-2H3. The van der Waals surface area contributed by atoms with Crippen LogP contribution in [0.4, 0.5) is 0 Å². The molecule has 2 saturated heterocycles. The first-order chi connectivity index (χ1) is 9.03. The van der Waals surface area contributed by atoms with Crippen molar-refractivity contribution in [2.75, 3.05) is 7.05 Å². The Labute approximate surface area is 114 Å². The van der Waals surface area contributed by atoms with Gasteiger partial charge in [-0.3, -0.25) is 0 Å². The second-order valence-electron chi connectivity index (χ2n) is 6.13. The Morgan fingerprint density at radius 2 is 1.95 bits per heavy atom. The minimum atomic E-state index is -0.752. The average Bonchev–Trinajstić information content (AvgIpc) is 2.63. The van der Waals surface area contributed by atoms with Crippen LogP contribution in [0, 0.1) is 18.3 Å². The van der Waals surface area contributed by atoms with Crippen molar-refractivity contribution in [1.29, 1.82) is 5.26 Å². The Balaban J connectivity index is 1.96. The molecule has 3 rings (SSSR count). The molecule has 19 heavy (non-hydrogen) atoms. The second-order valence-corrected chi connectivity index (χ2v) is 6.13. The van der Waals surface area contributed by atoms with Gasteiger partial charge in [-0.05, 0) is 56.8 Å². The molecule has 2 aliphatic heterocycles. The lowest BCUT2D eigenvalue weighted by Crippen LogP contribution is -2.47. The van der Waals surface area contributed by atoms with Crippen LogP contribution in [0.15, 0.2) is 18.2 Å². The highest BCUT2D eigenvalue weighted by atomic mass is 16.3. The molecule has 0 saturated carbocycles. The molecule has 0 amide bonds. The SMILES string of the molecule is Cc1ccc(C2(O)CC3CCC(C2)N3C)cc1C#N. The van der Waals surface area contributed by atoms with E-state index in [1.165, 1.54) is 12.8 Å². The third-order valence-corrected chi connectivity index (χ3v) is 5.03. The summed E-state index contributed by atoms with van der Waals surface area (Å²) in [5, 5.41) is 20.2. The van der Waals surface area contributed by atoms with Crippen molar-refractivity contribution in [2.24, 2.45) is 0 Å². The number of benzene rings is 1. The smallest absolute Gasteiger partial charge is 0.0994 e. The zero-order valence-electron chi connectivity index (χ0n) is 11.6. The second kappa shape index (κ2) is 4.33. The number of nitrogens with zero attached hydrogens (tertiary/aromatic N) is 2. The fraction of sp³-hybridized carbons (Fsp3) is 0.562. The van der Waals surface area contributed by atoms with Crippen LogP contribution in [0.5, 0.6) is 0 Å². The molecule has 1 N–H and O–H groups in total. The van der Waals surface area contributed by atoms with Crippen molar-refractivity contribution in [3.05, 3.63) is 34.9 Å². The molecule has 3 heteroatoms. The molecule has 2 fully saturated rings. The number of piperidine rings is 1. The fourth-order valence-corrected chi connectivity index (χ4v) is 3.71. The highest BCUT2D eigenvalue weighted by Gasteiger charge is 2.46. The number of hydrogen-bond donors (Lipinski definition) is 1. The van der Waals surface area contributed by atoms with E-state index in [1.807, 2.05) is 25.1 Å². The van der Waals surface area contributed by atoms with Gasteiger partial charge in [0, 0.05) is 12.1 Å². The Hall–Kier alpha value is -1.37. The lowest BCUT2D eigenvalue weighted by molar-refractivity contribution is -0.0493. The summed E-state index contributed by atoms with van der Waals surface area (Å²) in [6, 6.07) is 8.99. The van der Waals surface area contributed by atoms with Gasteiger partial charge in [0.2, 0.25) is 0 Å². The lowest BCUT2D eigenvalue weighted by Gasteiger charge is -2.42. The van der Waals surface area contributed by atoms with E-state index < -0.39 is 5.60 Å². The minimum absolute atomic E-state index is 0.482. The predicted octanol–water partition coefficient (Wildman–Crippen LogP) is 2.31. The molecule has 2 heterocycles. The molecule has 100 valence electrons. The highest BCUT2D eigenvalue weighted by Crippen LogP contribution is 2.45. The molecule has 1 aromatic carbocycles. The molecule has 0 radical (unpaired) electrons. The van der Waals surface area contributed by atoms with E-state index in [1.54, 1.807) is 0 Å². The maximum absolute atomic E-state index is 11.0. The van der Waals surface area contributed by atoms with Crippen LogP contribution >= 0.6 is 0 Å². The monoisotopic (exact) mass is 256 g/mol. The maximum atomic E-state index is 11.0. The van der Waals surface area contributed by atoms with Gasteiger partial charge in [0.05, 0.1) is 17.2 Å². The van der Waals surface area contributed by atoms with Crippen LogP contribution in [0.25, 0.3) is 0 Å². The lowest BCUT2D eigenvalue weighted by atomic mass is 9.80. The van der Waals surface area contributed by atoms with E-state index in [2.05, 4.69) is 18.0 Å². The summed E-state index contributed by atoms with van der Waals surface area (Å²) in [6.45, 7) is 1.94. The number of fused-ring (bicyclic) bond motifs is 2. The number of aryl methyl sites for hydroxylation is 1. The first-order valence-electron chi connectivity index (χ1n) is 6.99. The molecule has 0 spiro atoms. The Kier molecular flexibility index (Phi) is 2.88. The third-order valence-electron chi connectivity index (χ3n) is 5.03. The Bertz CT molecular complexity index is 532. The van der Waals surface area contributed by atoms with Crippen LogP contribution in [0.2, 0.25) is 0 Å². The van der Waals surface area contributed by atoms with Gasteiger partial charge in [-0.2, -0.15) is 5.26 Å². The molecule has 2 bridgehead atoms. The Morgan fingerprint density at radius 3 is 2.53 bits per heavy atom. The predicted molar refractivity (Wildman–Crippen MR) is 73.6 cm³/mol. The van der Waals surface area contributed by atoms with Crippen LogP contribution in [-0.2, 0) is 5.60 Å². The van der Waals surface area contributed by atoms with Gasteiger partial charge in [0.1, 0.15) is 0 Å². The van der Waals surface area contributed by atoms with Gasteiger partial charge in [-0.1, -0.05) is 12.1 Å². The molecular weight excluding hydrogens is 236 g/mol. The third kappa shape index (κ3) is 1.96. The van der Waals surface area contributed by atoms with Crippen molar-refractivity contribution in [3.63, 3.8) is 0 Å². The molecule has 3 nitrogen and oxygen atoms in total. The van der Waals surface area contributed by atoms with E-state index >= 15 is 0 Å². The van der Waals surface area contributed by atoms with Crippen molar-refractivity contribution in [1.82, 2.24) is 4.90 Å². The molecular formula is C16H20N2O. The van der Waals surface area contributed by atoms with E-state index in [9.17, 15) is 5.11 Å². The van der Waals surface area contributed by atoms with E-state index in [4.69, 9.17) is 5.26 Å². The van der Waals surface area contributed by atoms with Gasteiger partial charge in [0.25, 0.3) is 0 Å². The normalized spacial score (nSPS) is 34.2. The van der Waals surface area contributed by atoms with Gasteiger partial charge in [-0.15, -0.1) is 0 Å². The van der Waals surface area contributed by atoms with Crippen LogP contribution in [0.1, 0.15) is 42.4 Å². The summed E-state index contributed by atoms with van der Waals surface area (Å²) in [6.07, 6.45) is 3.93. The van der Waals surface area contributed by atoms with E-state index in [-0.39, 0.29) is 0 Å². The number of nitriles is 1. The first kappa shape index (κ1) is 12.7. The summed E-state index contributed by atoms with van der Waals surface area (Å²) in [5.74, 6) is 0. The van der Waals surface area contributed by atoms with E-state index in [0.29, 0.717) is 17.6 Å². The van der Waals surface area contributed by atoms with Gasteiger partial charge < -0.3 is 10.0 Å². The summed E-state index contributed by atoms with van der Waals surface area (Å²) < 4.78 is 0. The topological polar surface area (TPSA) is 47.3 Å². The number of hydrogen-bond acceptors (Lipinski definition) is 3. The van der Waals surface area contributed by atoms with Crippen molar-refractivity contribution >= 4 is 0 Å². The minimum Gasteiger partial charge on any atom is -0.385 e. The van der Waals surface area contributed by atoms with Gasteiger partial charge >= 0.3 is 0 Å². The Morgan fingerprint density at radius 1 is 1.32 bits per heavy atom. The van der Waals surface area contributed by atoms with Gasteiger partial charge in [0.15, 0.2) is 0 Å².